The molecule has 40 heavy (non-hydrogen) atoms. The number of ether oxygens (including phenoxy) is 2. The first-order chi connectivity index (χ1) is 18.5. The smallest absolute Gasteiger partial charge is 1.00 e. The molecule has 0 fully saturated rings. The molecule has 202 valence electrons. The third-order valence-corrected chi connectivity index (χ3v) is 5.04. The molecule has 0 aliphatic carbocycles. The number of halogens is 1. The number of allylic oxidation sites excluding steroid dienone is 1. The Hall–Kier alpha value is -0.997. The molecule has 0 amide bonds. The van der Waals surface area contributed by atoms with Crippen LogP contribution in [0.15, 0.2) is 111 Å². The van der Waals surface area contributed by atoms with Crippen molar-refractivity contribution in [2.75, 3.05) is 18.5 Å². The Kier molecular flexibility index (Phi) is 26.4. The monoisotopic (exact) mass is 660 g/mol. The molecule has 10 heteroatoms. The van der Waals surface area contributed by atoms with Crippen LogP contribution in [-0.4, -0.2) is 35.2 Å². The minimum Gasteiger partial charge on any atom is -1.00 e. The summed E-state index contributed by atoms with van der Waals surface area (Å²) in [5, 5.41) is 31.5. The van der Waals surface area contributed by atoms with E-state index in [9.17, 15) is 10.2 Å². The van der Waals surface area contributed by atoms with Crippen molar-refractivity contribution in [1.82, 2.24) is 0 Å². The largest absolute Gasteiger partial charge is 1.00 e. The number of fused-ring (bicyclic) bond motifs is 2. The maximum atomic E-state index is 9.38. The summed E-state index contributed by atoms with van der Waals surface area (Å²) in [7, 11) is 0. The van der Waals surface area contributed by atoms with Crippen molar-refractivity contribution in [3.63, 3.8) is 0 Å². The number of alkyl halides is 1. The maximum Gasteiger partial charge on any atom is 1.00 e. The summed E-state index contributed by atoms with van der Waals surface area (Å²) < 4.78 is 11.3. The topological polar surface area (TPSA) is 108 Å². The molecule has 0 saturated carbocycles. The fourth-order valence-electron chi connectivity index (χ4n) is 3.08. The summed E-state index contributed by atoms with van der Waals surface area (Å²) >= 11 is 3.13. The molecular formula is C30H31BrK2O7. The Balaban J connectivity index is -0.000000546. The van der Waals surface area contributed by atoms with Gasteiger partial charge in [0.25, 0.3) is 6.47 Å². The zero-order chi connectivity index (χ0) is 28.2. The first kappa shape index (κ1) is 41.1. The van der Waals surface area contributed by atoms with E-state index in [4.69, 9.17) is 19.5 Å². The average molecular weight is 662 g/mol. The van der Waals surface area contributed by atoms with Crippen LogP contribution in [0.3, 0.4) is 0 Å². The molecule has 4 aromatic carbocycles. The van der Waals surface area contributed by atoms with E-state index in [-0.39, 0.29) is 122 Å². The van der Waals surface area contributed by atoms with Crippen LogP contribution in [0.2, 0.25) is 0 Å². The van der Waals surface area contributed by atoms with Gasteiger partial charge in [-0.15, -0.1) is 6.58 Å². The van der Waals surface area contributed by atoms with Crippen LogP contribution in [0.1, 0.15) is 1.43 Å². The van der Waals surface area contributed by atoms with Crippen LogP contribution in [0.5, 0.6) is 23.0 Å². The summed E-state index contributed by atoms with van der Waals surface area (Å²) in [5.74, 6) is 2.08. The first-order valence-electron chi connectivity index (χ1n) is 11.3. The second-order valence-corrected chi connectivity index (χ2v) is 7.74. The van der Waals surface area contributed by atoms with E-state index in [1.807, 2.05) is 36.4 Å². The van der Waals surface area contributed by atoms with Crippen LogP contribution in [0.4, 0.5) is 0 Å². The Morgan fingerprint density at radius 1 is 0.700 bits per heavy atom. The van der Waals surface area contributed by atoms with Crippen molar-refractivity contribution >= 4 is 43.9 Å². The van der Waals surface area contributed by atoms with E-state index in [1.165, 1.54) is 0 Å². The van der Waals surface area contributed by atoms with Gasteiger partial charge in [-0.25, -0.2) is 0 Å². The average Bonchev–Trinajstić information content (AvgIpc) is 2.96. The molecule has 2 N–H and O–H groups in total. The fourth-order valence-corrected chi connectivity index (χ4v) is 3.08. The van der Waals surface area contributed by atoms with Gasteiger partial charge in [-0.3, -0.25) is 4.79 Å². The number of phenolic OH excluding ortho intramolecular Hbond substituents is 2. The van der Waals surface area contributed by atoms with Gasteiger partial charge in [0, 0.05) is 26.9 Å². The number of rotatable bonds is 8. The van der Waals surface area contributed by atoms with Gasteiger partial charge in [0.15, 0.2) is 0 Å². The van der Waals surface area contributed by atoms with Gasteiger partial charge in [0.2, 0.25) is 0 Å². The predicted octanol–water partition coefficient (Wildman–Crippen LogP) is 0.343. The van der Waals surface area contributed by atoms with Crippen LogP contribution < -0.4 is 118 Å². The molecule has 0 bridgehead atoms. The first-order valence-corrected chi connectivity index (χ1v) is 12.4. The van der Waals surface area contributed by atoms with E-state index < -0.39 is 0 Å². The van der Waals surface area contributed by atoms with E-state index in [0.29, 0.717) is 24.0 Å². The third-order valence-electron chi connectivity index (χ3n) is 4.58. The minimum atomic E-state index is -0.181. The summed E-state index contributed by atoms with van der Waals surface area (Å²) in [6.07, 6.45) is 5.26. The number of carbonyl (C=O) groups is 1. The fraction of sp³-hybridized carbons (Fsp3) is 0.100. The zero-order valence-electron chi connectivity index (χ0n) is 23.8. The third kappa shape index (κ3) is 14.8. The number of phenols is 2. The molecule has 0 saturated heterocycles. The van der Waals surface area contributed by atoms with Crippen LogP contribution in [0.25, 0.3) is 21.5 Å². The molecule has 0 heterocycles. The number of hydrogen-bond acceptors (Lipinski definition) is 7. The van der Waals surface area contributed by atoms with Crippen molar-refractivity contribution in [3.05, 3.63) is 111 Å². The van der Waals surface area contributed by atoms with Gasteiger partial charge in [0.1, 0.15) is 36.2 Å². The van der Waals surface area contributed by atoms with E-state index in [1.54, 1.807) is 54.6 Å². The summed E-state index contributed by atoms with van der Waals surface area (Å²) in [6, 6.07) is 22.0. The van der Waals surface area contributed by atoms with E-state index in [2.05, 4.69) is 40.6 Å². The van der Waals surface area contributed by atoms with Gasteiger partial charge in [-0.05, 0) is 24.3 Å². The minimum absolute atomic E-state index is 0. The van der Waals surface area contributed by atoms with Crippen molar-refractivity contribution in [2.45, 2.75) is 0 Å². The molecule has 0 unspecified atom stereocenters. The normalized spacial score (nSPS) is 8.75. The molecule has 0 aromatic heterocycles. The molecule has 0 atom stereocenters. The maximum absolute atomic E-state index is 9.38. The second-order valence-electron chi connectivity index (χ2n) is 7.09. The summed E-state index contributed by atoms with van der Waals surface area (Å²) in [6.45, 7) is 11.6. The second kappa shape index (κ2) is 25.7. The van der Waals surface area contributed by atoms with Crippen molar-refractivity contribution in [1.29, 1.82) is 0 Å². The van der Waals surface area contributed by atoms with Gasteiger partial charge >= 0.3 is 103 Å². The standard InChI is InChI=1S/C16H16O2.C10H8O2.C3H5Br.CH2O3.2K.H/c1-3-11-17-15-9-5-8-14-13(15)7-6-10-16(14)18-12-4-2;11-9-5-1-3-7-8(9)4-2-6-10(7)12;1-2-3-4;2-1-4-3;;;/h3-10H,1-2,11-12H2;1-6,11-12H;2H,1,3H2;1,3H;;;/q;;;;2*+1;-1/p-1. The van der Waals surface area contributed by atoms with E-state index >= 15 is 0 Å². The van der Waals surface area contributed by atoms with Gasteiger partial charge in [0.05, 0.1) is 0 Å². The molecule has 0 aliphatic heterocycles. The van der Waals surface area contributed by atoms with Crippen LogP contribution in [0, 0.1) is 0 Å². The Morgan fingerprint density at radius 2 is 1.02 bits per heavy atom. The molecule has 0 aliphatic rings. The number of aromatic hydroxyl groups is 2. The van der Waals surface area contributed by atoms with Gasteiger partial charge in [-0.1, -0.05) is 95.8 Å². The van der Waals surface area contributed by atoms with Gasteiger partial charge in [-0.2, -0.15) is 0 Å². The summed E-state index contributed by atoms with van der Waals surface area (Å²) in [5.41, 5.74) is 0. The molecule has 7 nitrogen and oxygen atoms in total. The number of benzene rings is 4. The number of carbonyl (C=O) groups excluding carboxylic acids is 1. The molecule has 4 aromatic rings. The predicted molar refractivity (Wildman–Crippen MR) is 155 cm³/mol. The van der Waals surface area contributed by atoms with Gasteiger partial charge < -0.3 is 31.3 Å². The van der Waals surface area contributed by atoms with E-state index in [0.717, 1.165) is 27.6 Å². The molecule has 0 spiro atoms. The zero-order valence-corrected chi connectivity index (χ0v) is 30.6. The SMILES string of the molecule is C=CCBr.C=CCOc1cccc2c(OCC=C)cccc12.O=CO[O-].Oc1cccc2c(O)cccc12.[H-].[K+].[K+]. The number of hydrogen-bond donors (Lipinski definition) is 2. The van der Waals surface area contributed by atoms with Crippen molar-refractivity contribution in [3.8, 4) is 23.0 Å². The van der Waals surface area contributed by atoms with Crippen LogP contribution >= 0.6 is 15.9 Å². The Labute approximate surface area is 329 Å². The van der Waals surface area contributed by atoms with Crippen LogP contribution in [-0.2, 0) is 9.68 Å². The Bertz CT molecular complexity index is 1220. The molecular weight excluding hydrogens is 630 g/mol. The van der Waals surface area contributed by atoms with Crippen molar-refractivity contribution < 1.29 is 139 Å². The quantitative estimate of drug-likeness (QED) is 0.0701. The summed E-state index contributed by atoms with van der Waals surface area (Å²) in [4.78, 5) is 11.2. The van der Waals surface area contributed by atoms with Crippen molar-refractivity contribution in [2.24, 2.45) is 0 Å². The molecule has 4 rings (SSSR count). The Morgan fingerprint density at radius 3 is 1.32 bits per heavy atom. The molecule has 0 radical (unpaired) electrons.